The van der Waals surface area contributed by atoms with Gasteiger partial charge < -0.3 is 28.4 Å². The van der Waals surface area contributed by atoms with Crippen LogP contribution in [-0.4, -0.2) is 34.6 Å². The molecule has 0 spiro atoms. The van der Waals surface area contributed by atoms with Crippen LogP contribution in [0.2, 0.25) is 0 Å². The van der Waals surface area contributed by atoms with Crippen LogP contribution >= 0.6 is 0 Å². The van der Waals surface area contributed by atoms with Crippen LogP contribution in [0, 0.1) is 0 Å². The summed E-state index contributed by atoms with van der Waals surface area (Å²) in [6.45, 7) is 0. The van der Waals surface area contributed by atoms with Crippen molar-refractivity contribution in [2.45, 2.75) is 0 Å². The van der Waals surface area contributed by atoms with Gasteiger partial charge in [0, 0.05) is 0 Å². The fourth-order valence-corrected chi connectivity index (χ4v) is 2.08. The van der Waals surface area contributed by atoms with Crippen LogP contribution in [0.4, 0.5) is 4.79 Å². The zero-order valence-electron chi connectivity index (χ0n) is 13.8. The Balaban J connectivity index is 2.21. The van der Waals surface area contributed by atoms with E-state index in [4.69, 9.17) is 28.4 Å². The van der Waals surface area contributed by atoms with Crippen molar-refractivity contribution in [1.29, 1.82) is 0 Å². The van der Waals surface area contributed by atoms with Crippen molar-refractivity contribution in [3.63, 3.8) is 0 Å². The molecule has 0 aromatic heterocycles. The predicted molar refractivity (Wildman–Crippen MR) is 85.7 cm³/mol. The monoisotopic (exact) mass is 334 g/mol. The SMILES string of the molecule is COc1cccc(OC(=O)Oc2cccc(OC)c2OC)c1OC. The highest BCUT2D eigenvalue weighted by Gasteiger charge is 2.19. The van der Waals surface area contributed by atoms with E-state index in [-0.39, 0.29) is 23.0 Å². The quantitative estimate of drug-likeness (QED) is 0.593. The smallest absolute Gasteiger partial charge is 0.493 e. The van der Waals surface area contributed by atoms with Crippen molar-refractivity contribution < 1.29 is 33.2 Å². The van der Waals surface area contributed by atoms with Gasteiger partial charge in [0.05, 0.1) is 28.4 Å². The first-order chi connectivity index (χ1) is 11.6. The molecule has 2 rings (SSSR count). The van der Waals surface area contributed by atoms with E-state index in [9.17, 15) is 4.79 Å². The second-order valence-corrected chi connectivity index (χ2v) is 4.44. The van der Waals surface area contributed by atoms with Gasteiger partial charge in [0.15, 0.2) is 23.0 Å². The third kappa shape index (κ3) is 3.62. The summed E-state index contributed by atoms with van der Waals surface area (Å²) in [6, 6.07) is 9.81. The number of carbonyl (C=O) groups is 1. The molecule has 0 N–H and O–H groups in total. The molecule has 0 aliphatic rings. The second kappa shape index (κ2) is 7.96. The maximum atomic E-state index is 12.1. The lowest BCUT2D eigenvalue weighted by atomic mass is 10.3. The lowest BCUT2D eigenvalue weighted by Crippen LogP contribution is -2.15. The van der Waals surface area contributed by atoms with Crippen LogP contribution < -0.4 is 28.4 Å². The predicted octanol–water partition coefficient (Wildman–Crippen LogP) is 3.30. The normalized spacial score (nSPS) is 9.83. The lowest BCUT2D eigenvalue weighted by Gasteiger charge is -2.14. The Kier molecular flexibility index (Phi) is 5.73. The average Bonchev–Trinajstić information content (AvgIpc) is 2.60. The van der Waals surface area contributed by atoms with Gasteiger partial charge in [-0.05, 0) is 24.3 Å². The third-order valence-electron chi connectivity index (χ3n) is 3.12. The van der Waals surface area contributed by atoms with E-state index >= 15 is 0 Å². The standard InChI is InChI=1S/C17H18O7/c1-19-11-7-5-9-13(15(11)21-3)23-17(18)24-14-10-6-8-12(20-2)16(14)22-4/h5-10H,1-4H3. The van der Waals surface area contributed by atoms with Gasteiger partial charge in [0.1, 0.15) is 0 Å². The Labute approximate surface area is 139 Å². The number of ether oxygens (including phenoxy) is 6. The van der Waals surface area contributed by atoms with Gasteiger partial charge >= 0.3 is 6.16 Å². The minimum atomic E-state index is -0.951. The Morgan fingerprint density at radius 3 is 1.33 bits per heavy atom. The maximum absolute atomic E-state index is 12.1. The molecule has 24 heavy (non-hydrogen) atoms. The van der Waals surface area contributed by atoms with Gasteiger partial charge in [-0.1, -0.05) is 12.1 Å². The minimum Gasteiger partial charge on any atom is -0.493 e. The first-order valence-electron chi connectivity index (χ1n) is 6.96. The van der Waals surface area contributed by atoms with Crippen LogP contribution in [0.3, 0.4) is 0 Å². The van der Waals surface area contributed by atoms with Crippen molar-refractivity contribution in [2.75, 3.05) is 28.4 Å². The molecular weight excluding hydrogens is 316 g/mol. The van der Waals surface area contributed by atoms with Gasteiger partial charge in [0.25, 0.3) is 0 Å². The molecule has 0 unspecified atom stereocenters. The molecule has 0 bridgehead atoms. The summed E-state index contributed by atoms with van der Waals surface area (Å²) in [5, 5.41) is 0. The van der Waals surface area contributed by atoms with Crippen LogP contribution in [0.25, 0.3) is 0 Å². The van der Waals surface area contributed by atoms with Crippen molar-refractivity contribution in [1.82, 2.24) is 0 Å². The zero-order chi connectivity index (χ0) is 17.5. The highest BCUT2D eigenvalue weighted by Crippen LogP contribution is 2.39. The lowest BCUT2D eigenvalue weighted by molar-refractivity contribution is 0.148. The Morgan fingerprint density at radius 2 is 1.00 bits per heavy atom. The summed E-state index contributed by atoms with van der Waals surface area (Å²) < 4.78 is 31.1. The Morgan fingerprint density at radius 1 is 0.625 bits per heavy atom. The van der Waals surface area contributed by atoms with Gasteiger partial charge in [-0.25, -0.2) is 4.79 Å². The number of rotatable bonds is 6. The molecule has 0 atom stereocenters. The molecule has 0 amide bonds. The van der Waals surface area contributed by atoms with E-state index < -0.39 is 6.16 Å². The molecule has 0 fully saturated rings. The molecule has 7 nitrogen and oxygen atoms in total. The molecule has 0 aliphatic carbocycles. The van der Waals surface area contributed by atoms with E-state index in [0.29, 0.717) is 11.5 Å². The molecule has 0 heterocycles. The minimum absolute atomic E-state index is 0.170. The fraction of sp³-hybridized carbons (Fsp3) is 0.235. The van der Waals surface area contributed by atoms with Gasteiger partial charge in [0.2, 0.25) is 11.5 Å². The third-order valence-corrected chi connectivity index (χ3v) is 3.12. The zero-order valence-corrected chi connectivity index (χ0v) is 13.8. The fourth-order valence-electron chi connectivity index (χ4n) is 2.08. The summed E-state index contributed by atoms with van der Waals surface area (Å²) in [4.78, 5) is 12.1. The first-order valence-corrected chi connectivity index (χ1v) is 6.96. The molecule has 128 valence electrons. The number of para-hydroxylation sites is 2. The maximum Gasteiger partial charge on any atom is 0.519 e. The number of methoxy groups -OCH3 is 4. The molecular formula is C17H18O7. The second-order valence-electron chi connectivity index (χ2n) is 4.44. The summed E-state index contributed by atoms with van der Waals surface area (Å²) in [6.07, 6.45) is -0.951. The highest BCUT2D eigenvalue weighted by molar-refractivity contribution is 5.71. The molecule has 0 saturated heterocycles. The molecule has 0 aliphatic heterocycles. The van der Waals surface area contributed by atoms with E-state index in [1.54, 1.807) is 36.4 Å². The number of benzene rings is 2. The van der Waals surface area contributed by atoms with Crippen LogP contribution in [0.1, 0.15) is 0 Å². The summed E-state index contributed by atoms with van der Waals surface area (Å²) >= 11 is 0. The number of hydrogen-bond donors (Lipinski definition) is 0. The molecule has 2 aromatic carbocycles. The van der Waals surface area contributed by atoms with Crippen LogP contribution in [-0.2, 0) is 0 Å². The highest BCUT2D eigenvalue weighted by atomic mass is 16.7. The van der Waals surface area contributed by atoms with Gasteiger partial charge in [-0.3, -0.25) is 0 Å². The first kappa shape index (κ1) is 17.3. The molecule has 7 heteroatoms. The van der Waals surface area contributed by atoms with Gasteiger partial charge in [-0.2, -0.15) is 0 Å². The van der Waals surface area contributed by atoms with Gasteiger partial charge in [-0.15, -0.1) is 0 Å². The van der Waals surface area contributed by atoms with E-state index in [0.717, 1.165) is 0 Å². The number of carbonyl (C=O) groups excluding carboxylic acids is 1. The topological polar surface area (TPSA) is 72.5 Å². The molecule has 2 aromatic rings. The Bertz CT molecular complexity index is 653. The molecule has 0 saturated carbocycles. The van der Waals surface area contributed by atoms with Crippen LogP contribution in [0.5, 0.6) is 34.5 Å². The van der Waals surface area contributed by atoms with E-state index in [1.165, 1.54) is 28.4 Å². The van der Waals surface area contributed by atoms with Crippen molar-refractivity contribution in [3.8, 4) is 34.5 Å². The van der Waals surface area contributed by atoms with E-state index in [2.05, 4.69) is 0 Å². The summed E-state index contributed by atoms with van der Waals surface area (Å²) in [5.74, 6) is 1.78. The summed E-state index contributed by atoms with van der Waals surface area (Å²) in [7, 11) is 5.87. The van der Waals surface area contributed by atoms with Crippen molar-refractivity contribution in [3.05, 3.63) is 36.4 Å². The van der Waals surface area contributed by atoms with E-state index in [1.807, 2.05) is 0 Å². The molecule has 0 radical (unpaired) electrons. The largest absolute Gasteiger partial charge is 0.519 e. The summed E-state index contributed by atoms with van der Waals surface area (Å²) in [5.41, 5.74) is 0. The van der Waals surface area contributed by atoms with Crippen molar-refractivity contribution in [2.24, 2.45) is 0 Å². The Hall–Kier alpha value is -3.09. The average molecular weight is 334 g/mol. The number of hydrogen-bond acceptors (Lipinski definition) is 7. The van der Waals surface area contributed by atoms with Crippen LogP contribution in [0.15, 0.2) is 36.4 Å². The van der Waals surface area contributed by atoms with Crippen molar-refractivity contribution >= 4 is 6.16 Å².